The molecule has 4 nitrogen and oxygen atoms in total. The molecule has 3 aromatic rings. The summed E-state index contributed by atoms with van der Waals surface area (Å²) in [6.07, 6.45) is 2.35. The van der Waals surface area contributed by atoms with E-state index in [0.717, 1.165) is 18.7 Å². The molecule has 4 heteroatoms. The minimum absolute atomic E-state index is 0.493. The van der Waals surface area contributed by atoms with Gasteiger partial charge in [0.05, 0.1) is 7.11 Å². The van der Waals surface area contributed by atoms with Crippen molar-refractivity contribution in [2.75, 3.05) is 19.0 Å². The molecule has 3 atom stereocenters. The van der Waals surface area contributed by atoms with Gasteiger partial charge in [-0.1, -0.05) is 24.3 Å². The number of para-hydroxylation sites is 1. The molecule has 0 aliphatic carbocycles. The van der Waals surface area contributed by atoms with Crippen LogP contribution >= 0.6 is 0 Å². The van der Waals surface area contributed by atoms with Gasteiger partial charge < -0.3 is 15.0 Å². The first-order chi connectivity index (χ1) is 12.8. The van der Waals surface area contributed by atoms with E-state index in [1.807, 2.05) is 0 Å². The van der Waals surface area contributed by atoms with Gasteiger partial charge in [-0.25, -0.2) is 0 Å². The summed E-state index contributed by atoms with van der Waals surface area (Å²) in [7, 11) is 1.74. The predicted molar refractivity (Wildman–Crippen MR) is 104 cm³/mol. The number of nitrogens with zero attached hydrogens (tertiary/aromatic N) is 1. The molecule has 1 fully saturated rings. The maximum absolute atomic E-state index is 5.43. The fraction of sp³-hybridized carbons (Fsp3) is 0.364. The summed E-state index contributed by atoms with van der Waals surface area (Å²) in [5.41, 5.74) is 6.96. The Morgan fingerprint density at radius 1 is 1.15 bits per heavy atom. The number of piperidine rings is 1. The highest BCUT2D eigenvalue weighted by atomic mass is 16.5. The van der Waals surface area contributed by atoms with E-state index >= 15 is 0 Å². The topological polar surface area (TPSA) is 40.3 Å². The molecule has 0 bridgehead atoms. The number of nitrogens with one attached hydrogen (secondary N) is 2. The van der Waals surface area contributed by atoms with Gasteiger partial charge in [-0.2, -0.15) is 0 Å². The van der Waals surface area contributed by atoms with Gasteiger partial charge in [0.25, 0.3) is 0 Å². The van der Waals surface area contributed by atoms with Gasteiger partial charge in [-0.15, -0.1) is 0 Å². The van der Waals surface area contributed by atoms with Gasteiger partial charge in [0, 0.05) is 52.9 Å². The van der Waals surface area contributed by atoms with Crippen LogP contribution in [0.1, 0.15) is 29.2 Å². The van der Waals surface area contributed by atoms with Gasteiger partial charge in [-0.05, 0) is 42.6 Å². The average molecular weight is 345 g/mol. The molecule has 0 spiro atoms. The highest BCUT2D eigenvalue weighted by Gasteiger charge is 2.45. The second kappa shape index (κ2) is 5.27. The Kier molecular flexibility index (Phi) is 2.98. The highest BCUT2D eigenvalue weighted by molar-refractivity contribution is 5.85. The standard InChI is InChI=1S/C22H23N3O/c1-26-13-6-7-15-16-8-9-25-12-20-17(14-4-2-3-5-18(14)23-20)11-21(25)22(16)24-19(15)10-13/h2-7,10,16,21-24H,8-9,11-12H2,1H3/t16?,21-,22?/m0/s1. The summed E-state index contributed by atoms with van der Waals surface area (Å²) < 4.78 is 5.43. The number of hydrogen-bond donors (Lipinski definition) is 2. The number of ether oxygens (including phenoxy) is 1. The first kappa shape index (κ1) is 14.7. The fourth-order valence-electron chi connectivity index (χ4n) is 5.47. The predicted octanol–water partition coefficient (Wildman–Crippen LogP) is 3.88. The Bertz CT molecular complexity index is 1010. The third-order valence-electron chi connectivity index (χ3n) is 6.70. The lowest BCUT2D eigenvalue weighted by Crippen LogP contribution is -2.55. The normalized spacial score (nSPS) is 26.6. The monoisotopic (exact) mass is 345 g/mol. The highest BCUT2D eigenvalue weighted by Crippen LogP contribution is 2.46. The van der Waals surface area contributed by atoms with Crippen LogP contribution < -0.4 is 10.1 Å². The molecule has 2 aromatic carbocycles. The van der Waals surface area contributed by atoms with Crippen molar-refractivity contribution in [3.8, 4) is 5.75 Å². The first-order valence-electron chi connectivity index (χ1n) is 9.59. The van der Waals surface area contributed by atoms with Crippen molar-refractivity contribution in [1.82, 2.24) is 9.88 Å². The average Bonchev–Trinajstić information content (AvgIpc) is 3.23. The van der Waals surface area contributed by atoms with Crippen molar-refractivity contribution in [1.29, 1.82) is 0 Å². The van der Waals surface area contributed by atoms with E-state index in [1.165, 1.54) is 46.4 Å². The van der Waals surface area contributed by atoms with Crippen molar-refractivity contribution in [3.63, 3.8) is 0 Å². The van der Waals surface area contributed by atoms with E-state index in [2.05, 4.69) is 57.7 Å². The second-order valence-corrected chi connectivity index (χ2v) is 7.89. The van der Waals surface area contributed by atoms with Crippen LogP contribution in [0.5, 0.6) is 5.75 Å². The van der Waals surface area contributed by atoms with Crippen LogP contribution in [-0.2, 0) is 13.0 Å². The molecule has 3 aliphatic rings. The number of H-pyrrole nitrogens is 1. The Labute approximate surface area is 153 Å². The lowest BCUT2D eigenvalue weighted by molar-refractivity contribution is 0.105. The van der Waals surface area contributed by atoms with Crippen LogP contribution in [0.3, 0.4) is 0 Å². The SMILES string of the molecule is COc1ccc2c(c1)NC1C2CCN2Cc3[nH]c4ccccc4c3C[C@@H]12. The van der Waals surface area contributed by atoms with E-state index in [1.54, 1.807) is 7.11 Å². The summed E-state index contributed by atoms with van der Waals surface area (Å²) in [5, 5.41) is 5.25. The van der Waals surface area contributed by atoms with Gasteiger partial charge in [0.15, 0.2) is 0 Å². The molecule has 26 heavy (non-hydrogen) atoms. The Balaban J connectivity index is 1.39. The molecule has 6 rings (SSSR count). The molecule has 0 radical (unpaired) electrons. The van der Waals surface area contributed by atoms with Crippen molar-refractivity contribution in [3.05, 3.63) is 59.3 Å². The van der Waals surface area contributed by atoms with Gasteiger partial charge >= 0.3 is 0 Å². The molecule has 0 amide bonds. The van der Waals surface area contributed by atoms with Crippen LogP contribution in [0, 0.1) is 0 Å². The van der Waals surface area contributed by atoms with Crippen molar-refractivity contribution < 1.29 is 4.74 Å². The van der Waals surface area contributed by atoms with Crippen LogP contribution in [0.2, 0.25) is 0 Å². The molecule has 2 unspecified atom stereocenters. The van der Waals surface area contributed by atoms with Crippen molar-refractivity contribution >= 4 is 16.6 Å². The Morgan fingerprint density at radius 3 is 3.00 bits per heavy atom. The third kappa shape index (κ3) is 1.93. The summed E-state index contributed by atoms with van der Waals surface area (Å²) in [6, 6.07) is 16.3. The zero-order valence-electron chi connectivity index (χ0n) is 15.0. The number of anilines is 1. The second-order valence-electron chi connectivity index (χ2n) is 7.89. The summed E-state index contributed by atoms with van der Waals surface area (Å²) in [4.78, 5) is 6.34. The number of aromatic amines is 1. The molecule has 132 valence electrons. The van der Waals surface area contributed by atoms with E-state index < -0.39 is 0 Å². The van der Waals surface area contributed by atoms with Crippen molar-refractivity contribution in [2.45, 2.75) is 37.4 Å². The zero-order chi connectivity index (χ0) is 17.3. The molecular formula is C22H23N3O. The molecule has 4 heterocycles. The summed E-state index contributed by atoms with van der Waals surface area (Å²) >= 11 is 0. The Morgan fingerprint density at radius 2 is 2.08 bits per heavy atom. The van der Waals surface area contributed by atoms with E-state index in [0.29, 0.717) is 18.0 Å². The van der Waals surface area contributed by atoms with Gasteiger partial charge in [0.2, 0.25) is 0 Å². The largest absolute Gasteiger partial charge is 0.497 e. The number of aromatic nitrogens is 1. The minimum atomic E-state index is 0.493. The van der Waals surface area contributed by atoms with E-state index in [4.69, 9.17) is 4.74 Å². The molecule has 1 aromatic heterocycles. The molecule has 3 aliphatic heterocycles. The summed E-state index contributed by atoms with van der Waals surface area (Å²) in [6.45, 7) is 2.22. The lowest BCUT2D eigenvalue weighted by Gasteiger charge is -2.45. The molecule has 0 saturated carbocycles. The smallest absolute Gasteiger partial charge is 0.120 e. The number of fused-ring (bicyclic) bond motifs is 8. The minimum Gasteiger partial charge on any atom is -0.497 e. The van der Waals surface area contributed by atoms with E-state index in [9.17, 15) is 0 Å². The van der Waals surface area contributed by atoms with Gasteiger partial charge in [-0.3, -0.25) is 4.90 Å². The van der Waals surface area contributed by atoms with Crippen LogP contribution in [0.15, 0.2) is 42.5 Å². The third-order valence-corrected chi connectivity index (χ3v) is 6.70. The number of rotatable bonds is 1. The van der Waals surface area contributed by atoms with Crippen molar-refractivity contribution in [2.24, 2.45) is 0 Å². The summed E-state index contributed by atoms with van der Waals surface area (Å²) in [5.74, 6) is 1.55. The number of benzene rings is 2. The van der Waals surface area contributed by atoms with Crippen LogP contribution in [0.4, 0.5) is 5.69 Å². The fourth-order valence-corrected chi connectivity index (χ4v) is 5.47. The van der Waals surface area contributed by atoms with E-state index in [-0.39, 0.29) is 0 Å². The Hall–Kier alpha value is -2.46. The first-order valence-corrected chi connectivity index (χ1v) is 9.59. The van der Waals surface area contributed by atoms with Gasteiger partial charge in [0.1, 0.15) is 5.75 Å². The van der Waals surface area contributed by atoms with Crippen LogP contribution in [-0.4, -0.2) is 35.6 Å². The lowest BCUT2D eigenvalue weighted by atomic mass is 9.79. The molecular weight excluding hydrogens is 322 g/mol. The maximum atomic E-state index is 5.43. The van der Waals surface area contributed by atoms with Crippen LogP contribution in [0.25, 0.3) is 10.9 Å². The number of hydrogen-bond acceptors (Lipinski definition) is 3. The molecule has 1 saturated heterocycles. The molecule has 2 N–H and O–H groups in total. The number of methoxy groups -OCH3 is 1. The maximum Gasteiger partial charge on any atom is 0.120 e. The zero-order valence-corrected chi connectivity index (χ0v) is 15.0. The quantitative estimate of drug-likeness (QED) is 0.703.